The van der Waals surface area contributed by atoms with E-state index in [0.29, 0.717) is 16.7 Å². The van der Waals surface area contributed by atoms with E-state index < -0.39 is 0 Å². The average molecular weight is 317 g/mol. The number of hydrogen-bond donors (Lipinski definition) is 0. The summed E-state index contributed by atoms with van der Waals surface area (Å²) < 4.78 is 13.5. The van der Waals surface area contributed by atoms with Gasteiger partial charge in [-0.2, -0.15) is 0 Å². The Hall–Kier alpha value is -0.590. The topological polar surface area (TPSA) is 0 Å². The van der Waals surface area contributed by atoms with E-state index in [9.17, 15) is 4.39 Å². The van der Waals surface area contributed by atoms with Gasteiger partial charge >= 0.3 is 0 Å². The Morgan fingerprint density at radius 1 is 1.22 bits per heavy atom. The lowest BCUT2D eigenvalue weighted by Crippen LogP contribution is -2.50. The van der Waals surface area contributed by atoms with Crippen molar-refractivity contribution in [1.29, 1.82) is 0 Å². The van der Waals surface area contributed by atoms with Gasteiger partial charge in [-0.15, -0.1) is 0 Å². The van der Waals surface area contributed by atoms with Crippen molar-refractivity contribution in [3.8, 4) is 0 Å². The molecule has 1 heteroatoms. The third-order valence-electron chi connectivity index (χ3n) is 8.71. The fourth-order valence-electron chi connectivity index (χ4n) is 7.59. The number of hydrogen-bond acceptors (Lipinski definition) is 0. The number of allylic oxidation sites excluding steroid dienone is 3. The minimum Gasteiger partial charge on any atom is -0.216 e. The summed E-state index contributed by atoms with van der Waals surface area (Å²) in [5.74, 6) is 2.92. The molecule has 0 saturated heterocycles. The van der Waals surface area contributed by atoms with Gasteiger partial charge in [0.05, 0.1) is 6.33 Å². The third-order valence-corrected chi connectivity index (χ3v) is 8.71. The molecule has 0 aromatic rings. The van der Waals surface area contributed by atoms with Crippen LogP contribution in [0, 0.1) is 34.5 Å². The minimum atomic E-state index is 0.361. The SMILES string of the molecule is CC[C@H]1C(=CF)C[C@H]2[C@@H]3CCC4=CCCC[C@]4(C)[C@H]3CC[C@]12C. The van der Waals surface area contributed by atoms with Crippen LogP contribution >= 0.6 is 0 Å². The lowest BCUT2D eigenvalue weighted by atomic mass is 9.47. The highest BCUT2D eigenvalue weighted by molar-refractivity contribution is 5.27. The van der Waals surface area contributed by atoms with E-state index in [1.807, 2.05) is 0 Å². The molecule has 4 rings (SSSR count). The van der Waals surface area contributed by atoms with Crippen molar-refractivity contribution in [1.82, 2.24) is 0 Å². The molecule has 3 fully saturated rings. The monoisotopic (exact) mass is 316 g/mol. The summed E-state index contributed by atoms with van der Waals surface area (Å²) in [5, 5.41) is 0. The van der Waals surface area contributed by atoms with Gasteiger partial charge < -0.3 is 0 Å². The molecule has 0 aromatic carbocycles. The van der Waals surface area contributed by atoms with Crippen LogP contribution in [0.2, 0.25) is 0 Å². The first kappa shape index (κ1) is 15.9. The Morgan fingerprint density at radius 2 is 2.04 bits per heavy atom. The number of rotatable bonds is 1. The summed E-state index contributed by atoms with van der Waals surface area (Å²) >= 11 is 0. The fourth-order valence-corrected chi connectivity index (χ4v) is 7.59. The van der Waals surface area contributed by atoms with Crippen LogP contribution in [0.25, 0.3) is 0 Å². The first-order chi connectivity index (χ1) is 11.0. The molecule has 23 heavy (non-hydrogen) atoms. The van der Waals surface area contributed by atoms with Gasteiger partial charge in [0.25, 0.3) is 0 Å². The maximum atomic E-state index is 13.5. The Kier molecular flexibility index (Phi) is 3.78. The molecule has 0 radical (unpaired) electrons. The van der Waals surface area contributed by atoms with Crippen LogP contribution in [0.3, 0.4) is 0 Å². The molecule has 4 aliphatic carbocycles. The Labute approximate surface area is 141 Å². The molecule has 0 amide bonds. The van der Waals surface area contributed by atoms with Gasteiger partial charge in [0, 0.05) is 0 Å². The van der Waals surface area contributed by atoms with E-state index in [2.05, 4.69) is 26.8 Å². The summed E-state index contributed by atoms with van der Waals surface area (Å²) in [6, 6.07) is 0. The van der Waals surface area contributed by atoms with E-state index in [1.54, 1.807) is 5.57 Å². The molecule has 128 valence electrons. The van der Waals surface area contributed by atoms with Gasteiger partial charge in [0.1, 0.15) is 0 Å². The summed E-state index contributed by atoms with van der Waals surface area (Å²) in [7, 11) is 0. The quantitative estimate of drug-likeness (QED) is 0.465. The van der Waals surface area contributed by atoms with Crippen LogP contribution < -0.4 is 0 Å². The van der Waals surface area contributed by atoms with Crippen molar-refractivity contribution in [3.63, 3.8) is 0 Å². The number of halogens is 1. The van der Waals surface area contributed by atoms with E-state index in [0.717, 1.165) is 42.5 Å². The van der Waals surface area contributed by atoms with Crippen LogP contribution in [0.4, 0.5) is 4.39 Å². The number of fused-ring (bicyclic) bond motifs is 5. The third kappa shape index (κ3) is 2.07. The zero-order valence-electron chi connectivity index (χ0n) is 15.2. The first-order valence-corrected chi connectivity index (χ1v) is 10.0. The van der Waals surface area contributed by atoms with Crippen LogP contribution in [0.1, 0.15) is 78.6 Å². The molecular formula is C22H33F. The second-order valence-electron chi connectivity index (χ2n) is 9.35. The first-order valence-electron chi connectivity index (χ1n) is 10.0. The normalized spacial score (nSPS) is 51.0. The van der Waals surface area contributed by atoms with Gasteiger partial charge in [-0.1, -0.05) is 32.4 Å². The van der Waals surface area contributed by atoms with Crippen molar-refractivity contribution < 1.29 is 4.39 Å². The van der Waals surface area contributed by atoms with Crippen LogP contribution in [-0.2, 0) is 0 Å². The molecule has 0 spiro atoms. The Morgan fingerprint density at radius 3 is 2.78 bits per heavy atom. The average Bonchev–Trinajstić information content (AvgIpc) is 2.85. The second-order valence-corrected chi connectivity index (χ2v) is 9.35. The van der Waals surface area contributed by atoms with Gasteiger partial charge in [-0.3, -0.25) is 0 Å². The van der Waals surface area contributed by atoms with Crippen LogP contribution in [0.5, 0.6) is 0 Å². The van der Waals surface area contributed by atoms with Gasteiger partial charge in [-0.25, -0.2) is 4.39 Å². The van der Waals surface area contributed by atoms with Gasteiger partial charge in [0.15, 0.2) is 0 Å². The zero-order valence-corrected chi connectivity index (χ0v) is 15.2. The van der Waals surface area contributed by atoms with Crippen LogP contribution in [0.15, 0.2) is 23.6 Å². The van der Waals surface area contributed by atoms with E-state index in [-0.39, 0.29) is 0 Å². The zero-order chi connectivity index (χ0) is 16.2. The van der Waals surface area contributed by atoms with Crippen LogP contribution in [-0.4, -0.2) is 0 Å². The molecule has 4 aliphatic rings. The maximum Gasteiger partial charge on any atom is 0.0862 e. The molecule has 0 heterocycles. The minimum absolute atomic E-state index is 0.361. The Balaban J connectivity index is 1.70. The summed E-state index contributed by atoms with van der Waals surface area (Å²) in [5.41, 5.74) is 3.74. The smallest absolute Gasteiger partial charge is 0.0862 e. The molecule has 0 nitrogen and oxygen atoms in total. The predicted octanol–water partition coefficient (Wildman–Crippen LogP) is 6.83. The predicted molar refractivity (Wildman–Crippen MR) is 94.7 cm³/mol. The van der Waals surface area contributed by atoms with E-state index >= 15 is 0 Å². The van der Waals surface area contributed by atoms with Crippen molar-refractivity contribution in [3.05, 3.63) is 23.6 Å². The molecule has 0 N–H and O–H groups in total. The van der Waals surface area contributed by atoms with Crippen molar-refractivity contribution >= 4 is 0 Å². The highest BCUT2D eigenvalue weighted by atomic mass is 19.1. The molecule has 6 atom stereocenters. The highest BCUT2D eigenvalue weighted by Crippen LogP contribution is 2.68. The molecule has 0 unspecified atom stereocenters. The molecular weight excluding hydrogens is 283 g/mol. The standard InChI is InChI=1S/C22H33F/c1-4-18-15(14-23)13-20-17-9-8-16-7-5-6-11-21(16,2)19(17)10-12-22(18,20)3/h7,14,17-20H,4-6,8-13H2,1-3H3/t17-,18+,19+,20+,21+,22-/m1/s1. The Bertz CT molecular complexity index is 544. The fraction of sp³-hybridized carbons (Fsp3) is 0.818. The van der Waals surface area contributed by atoms with E-state index in [1.165, 1.54) is 44.9 Å². The van der Waals surface area contributed by atoms with Crippen molar-refractivity contribution in [2.75, 3.05) is 0 Å². The summed E-state index contributed by atoms with van der Waals surface area (Å²) in [4.78, 5) is 0. The van der Waals surface area contributed by atoms with Gasteiger partial charge in [0.2, 0.25) is 0 Å². The largest absolute Gasteiger partial charge is 0.216 e. The lowest BCUT2D eigenvalue weighted by Gasteiger charge is -2.58. The summed E-state index contributed by atoms with van der Waals surface area (Å²) in [6.45, 7) is 7.32. The molecule has 3 saturated carbocycles. The summed E-state index contributed by atoms with van der Waals surface area (Å²) in [6.07, 6.45) is 15.1. The highest BCUT2D eigenvalue weighted by Gasteiger charge is 2.59. The molecule has 0 aliphatic heterocycles. The maximum absolute atomic E-state index is 13.5. The molecule has 0 bridgehead atoms. The second kappa shape index (κ2) is 5.46. The molecule has 0 aromatic heterocycles. The lowest BCUT2D eigenvalue weighted by molar-refractivity contribution is -0.0510. The van der Waals surface area contributed by atoms with Gasteiger partial charge in [-0.05, 0) is 97.9 Å². The van der Waals surface area contributed by atoms with Crippen molar-refractivity contribution in [2.24, 2.45) is 34.5 Å². The van der Waals surface area contributed by atoms with E-state index in [4.69, 9.17) is 0 Å². The van der Waals surface area contributed by atoms with Crippen molar-refractivity contribution in [2.45, 2.75) is 78.6 Å².